The van der Waals surface area contributed by atoms with E-state index in [2.05, 4.69) is 37.7 Å². The van der Waals surface area contributed by atoms with Gasteiger partial charge in [0.05, 0.1) is 31.4 Å². The molecule has 14 heteroatoms. The molecule has 4 aromatic rings. The SMILES string of the molecule is CC.CC(C)(C)OC=O.CNC(C(=O)NCC=O)C(C)C.CNc1ccc(COC(=O)N(CC2Cc3ccccc3N2C)c2cc(OCc3ccccc3)c(OC)cc2C=O)cc1. The predicted octanol–water partition coefficient (Wildman–Crippen LogP) is 7.86. The number of methoxy groups -OCH3 is 1. The van der Waals surface area contributed by atoms with Crippen LogP contribution in [-0.2, 0) is 43.5 Å². The standard InChI is InChI=1S/C34H35N3O5.C8H16N2O2.C5H10O2.C2H6/c1-35-28-15-13-25(14-16-28)23-42-34(39)37(20-29-17-26-11-7-8-12-30(26)36(29)2)31-19-33(32(40-3)18-27(31)21-38)41-22-24-9-5-4-6-10-24;1-6(2)7(9-3)8(12)10-4-5-11;1-5(2,3)7-4-6;1-2/h4-16,18-19,21,29,35H,17,20,22-23H2,1-3H3;5-7,9H,4H2,1-3H3,(H,10,12);4H,1-3H3;1-2H3. The third-order valence-electron chi connectivity index (χ3n) is 9.58. The van der Waals surface area contributed by atoms with Crippen molar-refractivity contribution in [3.63, 3.8) is 0 Å². The zero-order chi connectivity index (χ0) is 47.0. The van der Waals surface area contributed by atoms with Crippen molar-refractivity contribution in [3.05, 3.63) is 113 Å². The summed E-state index contributed by atoms with van der Waals surface area (Å²) in [5, 5.41) is 8.46. The molecule has 1 heterocycles. The lowest BCUT2D eigenvalue weighted by molar-refractivity contribution is -0.138. The summed E-state index contributed by atoms with van der Waals surface area (Å²) in [6.07, 6.45) is 1.60. The summed E-state index contributed by atoms with van der Waals surface area (Å²) in [5.74, 6) is 0.923. The summed E-state index contributed by atoms with van der Waals surface area (Å²) in [4.78, 5) is 60.6. The van der Waals surface area contributed by atoms with E-state index in [-0.39, 0.29) is 42.7 Å². The molecular weight excluding hydrogens is 803 g/mol. The maximum atomic E-state index is 13.8. The number of nitrogens with zero attached hydrogens (tertiary/aromatic N) is 2. The van der Waals surface area contributed by atoms with Crippen LogP contribution in [0.2, 0.25) is 0 Å². The molecule has 1 aliphatic heterocycles. The minimum absolute atomic E-state index is 0.0276. The van der Waals surface area contributed by atoms with E-state index in [1.54, 1.807) is 19.2 Å². The first-order valence-corrected chi connectivity index (χ1v) is 21.1. The van der Waals surface area contributed by atoms with Crippen molar-refractivity contribution in [2.75, 3.05) is 56.5 Å². The molecule has 0 aliphatic carbocycles. The fourth-order valence-corrected chi connectivity index (χ4v) is 6.34. The van der Waals surface area contributed by atoms with E-state index in [9.17, 15) is 24.0 Å². The average molecular weight is 870 g/mol. The maximum absolute atomic E-state index is 13.8. The second kappa shape index (κ2) is 27.5. The number of likely N-dealkylation sites (N-methyl/N-ethyl adjacent to an activating group) is 2. The van der Waals surface area contributed by atoms with Crippen molar-refractivity contribution in [2.45, 2.75) is 85.8 Å². The van der Waals surface area contributed by atoms with Gasteiger partial charge in [-0.25, -0.2) is 4.79 Å². The van der Waals surface area contributed by atoms with Gasteiger partial charge in [0.15, 0.2) is 17.8 Å². The summed E-state index contributed by atoms with van der Waals surface area (Å²) in [7, 11) is 7.12. The maximum Gasteiger partial charge on any atom is 0.414 e. The number of hydrogen-bond donors (Lipinski definition) is 3. The lowest BCUT2D eigenvalue weighted by Gasteiger charge is -2.31. The van der Waals surface area contributed by atoms with Gasteiger partial charge in [0.1, 0.15) is 25.1 Å². The molecule has 0 bridgehead atoms. The second-order valence-corrected chi connectivity index (χ2v) is 15.4. The number of carbonyl (C=O) groups excluding carboxylic acids is 5. The van der Waals surface area contributed by atoms with Crippen molar-refractivity contribution in [1.82, 2.24) is 10.6 Å². The van der Waals surface area contributed by atoms with Gasteiger partial charge >= 0.3 is 6.09 Å². The number of amides is 2. The second-order valence-electron chi connectivity index (χ2n) is 15.4. The summed E-state index contributed by atoms with van der Waals surface area (Å²) in [6.45, 7) is 14.6. The van der Waals surface area contributed by atoms with Crippen LogP contribution in [-0.4, -0.2) is 90.1 Å². The van der Waals surface area contributed by atoms with E-state index in [1.807, 2.05) is 129 Å². The van der Waals surface area contributed by atoms with Gasteiger partial charge in [-0.1, -0.05) is 88.4 Å². The Hall–Kier alpha value is -6.41. The molecule has 0 fully saturated rings. The highest BCUT2D eigenvalue weighted by atomic mass is 16.6. The Bertz CT molecular complexity index is 2000. The number of aldehydes is 2. The van der Waals surface area contributed by atoms with Gasteiger partial charge in [0.2, 0.25) is 5.91 Å². The predicted molar refractivity (Wildman–Crippen MR) is 250 cm³/mol. The third-order valence-corrected chi connectivity index (χ3v) is 9.58. The Morgan fingerprint density at radius 1 is 0.873 bits per heavy atom. The van der Waals surface area contributed by atoms with Crippen LogP contribution in [0.5, 0.6) is 11.5 Å². The fourth-order valence-electron chi connectivity index (χ4n) is 6.34. The highest BCUT2D eigenvalue weighted by molar-refractivity contribution is 5.96. The Labute approximate surface area is 373 Å². The molecule has 2 atom stereocenters. The summed E-state index contributed by atoms with van der Waals surface area (Å²) in [6, 6.07) is 28.7. The molecule has 0 aromatic heterocycles. The minimum atomic E-state index is -0.556. The summed E-state index contributed by atoms with van der Waals surface area (Å²) >= 11 is 0. The molecule has 5 rings (SSSR count). The lowest BCUT2D eigenvalue weighted by atomic mass is 10.0. The Morgan fingerprint density at radius 3 is 2.03 bits per heavy atom. The topological polar surface area (TPSA) is 165 Å². The highest BCUT2D eigenvalue weighted by Gasteiger charge is 2.32. The van der Waals surface area contributed by atoms with Crippen molar-refractivity contribution >= 4 is 48.1 Å². The molecule has 0 radical (unpaired) electrons. The molecule has 14 nitrogen and oxygen atoms in total. The minimum Gasteiger partial charge on any atom is -0.493 e. The van der Waals surface area contributed by atoms with Crippen LogP contribution < -0.4 is 35.2 Å². The molecule has 3 N–H and O–H groups in total. The van der Waals surface area contributed by atoms with Gasteiger partial charge in [0.25, 0.3) is 6.47 Å². The lowest BCUT2D eigenvalue weighted by Crippen LogP contribution is -2.46. The zero-order valence-electron chi connectivity index (χ0n) is 38.7. The molecule has 2 amide bonds. The molecule has 4 aromatic carbocycles. The van der Waals surface area contributed by atoms with Crippen LogP contribution in [0.4, 0.5) is 21.9 Å². The molecule has 63 heavy (non-hydrogen) atoms. The van der Waals surface area contributed by atoms with E-state index in [0.29, 0.717) is 48.7 Å². The Morgan fingerprint density at radius 2 is 1.51 bits per heavy atom. The van der Waals surface area contributed by atoms with Crippen molar-refractivity contribution in [3.8, 4) is 11.5 Å². The molecule has 0 spiro atoms. The molecule has 1 aliphatic rings. The van der Waals surface area contributed by atoms with Crippen molar-refractivity contribution in [2.24, 2.45) is 5.92 Å². The first-order chi connectivity index (χ1) is 30.2. The van der Waals surface area contributed by atoms with Crippen LogP contribution in [0.1, 0.15) is 75.5 Å². The first kappa shape index (κ1) is 52.7. The highest BCUT2D eigenvalue weighted by Crippen LogP contribution is 2.37. The fraction of sp³-hybridized carbons (Fsp3) is 0.408. The number of ether oxygens (including phenoxy) is 4. The van der Waals surface area contributed by atoms with Crippen LogP contribution >= 0.6 is 0 Å². The molecular formula is C49H67N5O9. The van der Waals surface area contributed by atoms with Crippen LogP contribution in [0.15, 0.2) is 91.0 Å². The number of nitrogens with one attached hydrogen (secondary N) is 3. The van der Waals surface area contributed by atoms with Gasteiger partial charge < -0.3 is 44.6 Å². The number of carbonyl (C=O) groups is 5. The molecule has 342 valence electrons. The Kier molecular flexibility index (Phi) is 23.0. The number of rotatable bonds is 17. The van der Waals surface area contributed by atoms with Crippen LogP contribution in [0.3, 0.4) is 0 Å². The molecule has 0 saturated heterocycles. The van der Waals surface area contributed by atoms with Gasteiger partial charge in [-0.3, -0.25) is 19.3 Å². The number of para-hydroxylation sites is 1. The van der Waals surface area contributed by atoms with Gasteiger partial charge in [0, 0.05) is 43.6 Å². The van der Waals surface area contributed by atoms with E-state index in [1.165, 1.54) is 17.6 Å². The smallest absolute Gasteiger partial charge is 0.414 e. The van der Waals surface area contributed by atoms with E-state index < -0.39 is 6.09 Å². The monoisotopic (exact) mass is 869 g/mol. The van der Waals surface area contributed by atoms with Crippen LogP contribution in [0.25, 0.3) is 0 Å². The number of hydrogen-bond acceptors (Lipinski definition) is 12. The van der Waals surface area contributed by atoms with E-state index >= 15 is 0 Å². The van der Waals surface area contributed by atoms with Crippen molar-refractivity contribution < 1.29 is 42.9 Å². The normalized spacial score (nSPS) is 12.8. The molecule has 2 unspecified atom stereocenters. The number of benzene rings is 4. The summed E-state index contributed by atoms with van der Waals surface area (Å²) < 4.78 is 22.1. The number of fused-ring (bicyclic) bond motifs is 1. The number of anilines is 3. The van der Waals surface area contributed by atoms with Gasteiger partial charge in [-0.2, -0.15) is 0 Å². The van der Waals surface area contributed by atoms with Crippen LogP contribution in [0, 0.1) is 5.92 Å². The van der Waals surface area contributed by atoms with Gasteiger partial charge in [-0.15, -0.1) is 0 Å². The third kappa shape index (κ3) is 17.1. The van der Waals surface area contributed by atoms with E-state index in [0.717, 1.165) is 35.2 Å². The molecule has 0 saturated carbocycles. The summed E-state index contributed by atoms with van der Waals surface area (Å²) in [5.41, 5.74) is 5.50. The first-order valence-electron chi connectivity index (χ1n) is 21.1. The Balaban J connectivity index is 0.000000540. The largest absolute Gasteiger partial charge is 0.493 e. The average Bonchev–Trinajstić information content (AvgIpc) is 3.61. The van der Waals surface area contributed by atoms with Crippen molar-refractivity contribution in [1.29, 1.82) is 0 Å². The van der Waals surface area contributed by atoms with E-state index in [4.69, 9.17) is 14.2 Å². The zero-order valence-corrected chi connectivity index (χ0v) is 38.7. The quantitative estimate of drug-likeness (QED) is 0.0882. The van der Waals surface area contributed by atoms with Gasteiger partial charge in [-0.05, 0) is 81.1 Å².